The normalized spacial score (nSPS) is 16.8. The Morgan fingerprint density at radius 1 is 1.30 bits per heavy atom. The molecule has 0 bridgehead atoms. The second-order valence-electron chi connectivity index (χ2n) is 7.09. The number of nitrogens with zero attached hydrogens (tertiary/aromatic N) is 3. The first-order valence-electron chi connectivity index (χ1n) is 9.48. The highest BCUT2D eigenvalue weighted by Crippen LogP contribution is 2.39. The summed E-state index contributed by atoms with van der Waals surface area (Å²) in [5.41, 5.74) is 6.38. The van der Waals surface area contributed by atoms with Crippen LogP contribution in [0.15, 0.2) is 48.9 Å². The number of fused-ring (bicyclic) bond motifs is 1. The molecule has 1 atom stereocenters. The molecule has 3 aromatic rings. The molecule has 1 unspecified atom stereocenters. The largest absolute Gasteiger partial charge is 0.494 e. The topological polar surface area (TPSA) is 50.3 Å². The number of hydrogen-bond acceptors (Lipinski definition) is 3. The molecule has 0 amide bonds. The lowest BCUT2D eigenvalue weighted by Gasteiger charge is -2.24. The first-order chi connectivity index (χ1) is 13.2. The van der Waals surface area contributed by atoms with E-state index in [1.807, 2.05) is 36.8 Å². The van der Waals surface area contributed by atoms with E-state index in [9.17, 15) is 0 Å². The van der Waals surface area contributed by atoms with Crippen molar-refractivity contribution in [3.8, 4) is 22.9 Å². The Kier molecular flexibility index (Phi) is 4.68. The molecular formula is C23H23N3O. The van der Waals surface area contributed by atoms with Crippen molar-refractivity contribution in [2.75, 3.05) is 7.11 Å². The molecule has 1 aliphatic rings. The molecule has 27 heavy (non-hydrogen) atoms. The molecular weight excluding hydrogens is 334 g/mol. The zero-order chi connectivity index (χ0) is 18.8. The highest BCUT2D eigenvalue weighted by molar-refractivity contribution is 5.84. The quantitative estimate of drug-likeness (QED) is 0.621. The summed E-state index contributed by atoms with van der Waals surface area (Å²) in [6.07, 6.45) is 10.8. The van der Waals surface area contributed by atoms with E-state index in [-0.39, 0.29) is 0 Å². The van der Waals surface area contributed by atoms with Gasteiger partial charge in [-0.25, -0.2) is 4.98 Å². The Morgan fingerprint density at radius 3 is 2.74 bits per heavy atom. The van der Waals surface area contributed by atoms with Crippen LogP contribution >= 0.6 is 0 Å². The zero-order valence-electron chi connectivity index (χ0n) is 15.8. The van der Waals surface area contributed by atoms with E-state index in [0.29, 0.717) is 5.56 Å². The van der Waals surface area contributed by atoms with Crippen LogP contribution in [-0.4, -0.2) is 16.5 Å². The van der Waals surface area contributed by atoms with E-state index < -0.39 is 0 Å². The maximum Gasteiger partial charge on any atom is 0.145 e. The minimum absolute atomic E-state index is 0.665. The van der Waals surface area contributed by atoms with Gasteiger partial charge in [-0.05, 0) is 54.5 Å². The predicted octanol–water partition coefficient (Wildman–Crippen LogP) is 5.48. The molecule has 1 aliphatic carbocycles. The van der Waals surface area contributed by atoms with E-state index >= 15 is 0 Å². The molecule has 1 aromatic carbocycles. The number of ether oxygens (including phenoxy) is 1. The molecule has 0 radical (unpaired) electrons. The number of methoxy groups -OCH3 is 1. The number of imidazole rings is 1. The molecule has 0 saturated carbocycles. The first kappa shape index (κ1) is 17.4. The third kappa shape index (κ3) is 3.10. The van der Waals surface area contributed by atoms with E-state index in [1.165, 1.54) is 24.1 Å². The molecule has 0 fully saturated rings. The lowest BCUT2D eigenvalue weighted by Crippen LogP contribution is -2.08. The van der Waals surface area contributed by atoms with Crippen LogP contribution in [0.2, 0.25) is 0 Å². The van der Waals surface area contributed by atoms with Gasteiger partial charge >= 0.3 is 0 Å². The molecule has 0 saturated heterocycles. The average Bonchev–Trinajstić information content (AvgIpc) is 3.22. The molecule has 2 heterocycles. The highest BCUT2D eigenvalue weighted by atomic mass is 16.5. The molecule has 4 heteroatoms. The fourth-order valence-corrected chi connectivity index (χ4v) is 3.97. The fourth-order valence-electron chi connectivity index (χ4n) is 3.97. The minimum Gasteiger partial charge on any atom is -0.494 e. The van der Waals surface area contributed by atoms with Crippen LogP contribution in [0, 0.1) is 17.2 Å². The van der Waals surface area contributed by atoms with Crippen LogP contribution in [0.3, 0.4) is 0 Å². The van der Waals surface area contributed by atoms with Crippen LogP contribution in [0.4, 0.5) is 0 Å². The average molecular weight is 357 g/mol. The van der Waals surface area contributed by atoms with Crippen molar-refractivity contribution in [2.45, 2.75) is 32.6 Å². The summed E-state index contributed by atoms with van der Waals surface area (Å²) in [6, 6.07) is 12.0. The molecule has 0 N–H and O–H groups in total. The highest BCUT2D eigenvalue weighted by Gasteiger charge is 2.21. The predicted molar refractivity (Wildman–Crippen MR) is 108 cm³/mol. The van der Waals surface area contributed by atoms with Crippen molar-refractivity contribution in [1.82, 2.24) is 9.38 Å². The van der Waals surface area contributed by atoms with Crippen molar-refractivity contribution < 1.29 is 4.74 Å². The van der Waals surface area contributed by atoms with Gasteiger partial charge in [-0.2, -0.15) is 5.26 Å². The lowest BCUT2D eigenvalue weighted by atomic mass is 9.85. The minimum atomic E-state index is 0.665. The second kappa shape index (κ2) is 7.28. The van der Waals surface area contributed by atoms with Crippen molar-refractivity contribution in [3.05, 3.63) is 60.2 Å². The van der Waals surface area contributed by atoms with Gasteiger partial charge in [0.2, 0.25) is 0 Å². The fraction of sp³-hybridized carbons (Fsp3) is 0.304. The zero-order valence-corrected chi connectivity index (χ0v) is 15.8. The summed E-state index contributed by atoms with van der Waals surface area (Å²) in [7, 11) is 1.69. The summed E-state index contributed by atoms with van der Waals surface area (Å²) in [4.78, 5) is 4.37. The van der Waals surface area contributed by atoms with Gasteiger partial charge in [0.25, 0.3) is 0 Å². The van der Waals surface area contributed by atoms with Gasteiger partial charge in [0.1, 0.15) is 11.3 Å². The summed E-state index contributed by atoms with van der Waals surface area (Å²) in [5.74, 6) is 1.59. The van der Waals surface area contributed by atoms with E-state index in [2.05, 4.69) is 34.5 Å². The number of nitriles is 1. The maximum atomic E-state index is 9.11. The molecule has 0 aliphatic heterocycles. The van der Waals surface area contributed by atoms with Crippen LogP contribution in [0.1, 0.15) is 43.9 Å². The van der Waals surface area contributed by atoms with Gasteiger partial charge in [0.15, 0.2) is 0 Å². The number of allylic oxidation sites excluding steroid dienone is 2. The van der Waals surface area contributed by atoms with Crippen molar-refractivity contribution in [1.29, 1.82) is 5.26 Å². The lowest BCUT2D eigenvalue weighted by molar-refractivity contribution is 0.418. The number of pyridine rings is 1. The monoisotopic (exact) mass is 357 g/mol. The molecule has 4 nitrogen and oxygen atoms in total. The van der Waals surface area contributed by atoms with E-state index in [0.717, 1.165) is 41.2 Å². The van der Waals surface area contributed by atoms with Crippen LogP contribution in [0.25, 0.3) is 22.2 Å². The third-order valence-electron chi connectivity index (χ3n) is 5.61. The summed E-state index contributed by atoms with van der Waals surface area (Å²) >= 11 is 0. The number of hydrogen-bond donors (Lipinski definition) is 0. The molecule has 136 valence electrons. The Bertz CT molecular complexity index is 1040. The van der Waals surface area contributed by atoms with Crippen molar-refractivity contribution in [3.63, 3.8) is 0 Å². The van der Waals surface area contributed by atoms with Gasteiger partial charge in [-0.1, -0.05) is 31.6 Å². The Balaban J connectivity index is 1.93. The van der Waals surface area contributed by atoms with Gasteiger partial charge in [0, 0.05) is 5.56 Å². The number of rotatable bonds is 4. The Hall–Kier alpha value is -3.06. The second-order valence-corrected chi connectivity index (χ2v) is 7.09. The Labute approximate surface area is 159 Å². The van der Waals surface area contributed by atoms with E-state index in [1.54, 1.807) is 7.11 Å². The summed E-state index contributed by atoms with van der Waals surface area (Å²) in [6.45, 7) is 2.27. The molecule has 4 rings (SSSR count). The maximum absolute atomic E-state index is 9.11. The van der Waals surface area contributed by atoms with Crippen LogP contribution in [0.5, 0.6) is 5.75 Å². The SMILES string of the molecule is CCC1CC=C(c2c(-c3ccc(C#N)cc3)cc(OC)c3cncn23)CC1. The summed E-state index contributed by atoms with van der Waals surface area (Å²) in [5, 5.41) is 9.11. The smallest absolute Gasteiger partial charge is 0.145 e. The Morgan fingerprint density at radius 2 is 2.11 bits per heavy atom. The van der Waals surface area contributed by atoms with Crippen LogP contribution < -0.4 is 4.74 Å². The van der Waals surface area contributed by atoms with E-state index in [4.69, 9.17) is 10.00 Å². The summed E-state index contributed by atoms with van der Waals surface area (Å²) < 4.78 is 7.78. The van der Waals surface area contributed by atoms with Crippen molar-refractivity contribution in [2.24, 2.45) is 5.92 Å². The van der Waals surface area contributed by atoms with Crippen molar-refractivity contribution >= 4 is 11.1 Å². The first-order valence-corrected chi connectivity index (χ1v) is 9.48. The third-order valence-corrected chi connectivity index (χ3v) is 5.61. The van der Waals surface area contributed by atoms with Gasteiger partial charge in [0.05, 0.1) is 37.0 Å². The van der Waals surface area contributed by atoms with Gasteiger partial charge in [-0.3, -0.25) is 4.40 Å². The number of aromatic nitrogens is 2. The molecule has 2 aromatic heterocycles. The van der Waals surface area contributed by atoms with Crippen LogP contribution in [-0.2, 0) is 0 Å². The standard InChI is InChI=1S/C23H23N3O/c1-3-16-4-10-19(11-5-16)23-20(18-8-6-17(13-24)7-9-18)12-22(27-2)21-14-25-15-26(21)23/h6-10,12,14-16H,3-5,11H2,1-2H3. The number of benzene rings is 1. The van der Waals surface area contributed by atoms with Gasteiger partial charge < -0.3 is 4.74 Å². The van der Waals surface area contributed by atoms with Gasteiger partial charge in [-0.15, -0.1) is 0 Å². The molecule has 0 spiro atoms.